The van der Waals surface area contributed by atoms with Crippen molar-refractivity contribution in [3.8, 4) is 11.8 Å². The zero-order chi connectivity index (χ0) is 19.4. The van der Waals surface area contributed by atoms with Crippen LogP contribution in [0.2, 0.25) is 0 Å². The molecule has 2 aromatic rings. The van der Waals surface area contributed by atoms with E-state index in [1.165, 1.54) is 28.6 Å². The quantitative estimate of drug-likeness (QED) is 0.849. The van der Waals surface area contributed by atoms with Crippen LogP contribution in [0.4, 0.5) is 5.69 Å². The van der Waals surface area contributed by atoms with Gasteiger partial charge in [0.25, 0.3) is 15.9 Å². The van der Waals surface area contributed by atoms with Gasteiger partial charge in [0.2, 0.25) is 0 Å². The molecular formula is C19H19N3O4S. The van der Waals surface area contributed by atoms with Crippen molar-refractivity contribution in [2.75, 3.05) is 17.4 Å². The van der Waals surface area contributed by atoms with Crippen LogP contribution in [-0.2, 0) is 14.8 Å². The van der Waals surface area contributed by atoms with E-state index in [0.717, 1.165) is 6.42 Å². The van der Waals surface area contributed by atoms with Crippen molar-refractivity contribution in [3.63, 3.8) is 0 Å². The SMILES string of the molecule is CCCNC(=O)C1CN(S(=O)(=O)c2ccc(C#N)cc2)c2ccccc2O1. The second kappa shape index (κ2) is 7.68. The smallest absolute Gasteiger partial charge is 0.264 e. The number of fused-ring (bicyclic) bond motifs is 1. The summed E-state index contributed by atoms with van der Waals surface area (Å²) in [7, 11) is -3.92. The van der Waals surface area contributed by atoms with Crippen LogP contribution in [0.25, 0.3) is 0 Å². The fourth-order valence-corrected chi connectivity index (χ4v) is 4.23. The first-order chi connectivity index (χ1) is 13.0. The highest BCUT2D eigenvalue weighted by atomic mass is 32.2. The molecule has 0 aromatic heterocycles. The maximum atomic E-state index is 13.2. The number of nitrogens with one attached hydrogen (secondary N) is 1. The Bertz CT molecular complexity index is 981. The monoisotopic (exact) mass is 385 g/mol. The summed E-state index contributed by atoms with van der Waals surface area (Å²) < 4.78 is 33.3. The average molecular weight is 385 g/mol. The van der Waals surface area contributed by atoms with Crippen molar-refractivity contribution in [1.29, 1.82) is 5.26 Å². The summed E-state index contributed by atoms with van der Waals surface area (Å²) in [4.78, 5) is 12.4. The largest absolute Gasteiger partial charge is 0.476 e. The molecule has 0 aliphatic carbocycles. The number of nitriles is 1. The summed E-state index contributed by atoms with van der Waals surface area (Å²) in [6.07, 6.45) is -0.179. The zero-order valence-corrected chi connectivity index (χ0v) is 15.6. The highest BCUT2D eigenvalue weighted by Gasteiger charge is 2.37. The fourth-order valence-electron chi connectivity index (χ4n) is 2.76. The van der Waals surface area contributed by atoms with Crippen LogP contribution in [0, 0.1) is 11.3 Å². The Morgan fingerprint density at radius 2 is 1.96 bits per heavy atom. The summed E-state index contributed by atoms with van der Waals surface area (Å²) in [6, 6.07) is 14.3. The third-order valence-corrected chi connectivity index (χ3v) is 5.94. The topological polar surface area (TPSA) is 99.5 Å². The van der Waals surface area contributed by atoms with E-state index in [-0.39, 0.29) is 17.3 Å². The molecule has 140 valence electrons. The minimum Gasteiger partial charge on any atom is -0.476 e. The predicted octanol–water partition coefficient (Wildman–Crippen LogP) is 2.04. The van der Waals surface area contributed by atoms with E-state index >= 15 is 0 Å². The van der Waals surface area contributed by atoms with Gasteiger partial charge in [0.15, 0.2) is 6.10 Å². The molecule has 0 radical (unpaired) electrons. The lowest BCUT2D eigenvalue weighted by molar-refractivity contribution is -0.127. The Hall–Kier alpha value is -3.05. The van der Waals surface area contributed by atoms with Gasteiger partial charge in [-0.05, 0) is 42.8 Å². The molecule has 7 nitrogen and oxygen atoms in total. The molecule has 2 aromatic carbocycles. The summed E-state index contributed by atoms with van der Waals surface area (Å²) in [5.41, 5.74) is 0.745. The minimum absolute atomic E-state index is 0.0471. The molecule has 3 rings (SSSR count). The van der Waals surface area contributed by atoms with Gasteiger partial charge in [0.05, 0.1) is 28.8 Å². The summed E-state index contributed by atoms with van der Waals surface area (Å²) >= 11 is 0. The van der Waals surface area contributed by atoms with Crippen molar-refractivity contribution < 1.29 is 17.9 Å². The molecule has 1 aliphatic heterocycles. The number of hydrogen-bond donors (Lipinski definition) is 1. The summed E-state index contributed by atoms with van der Waals surface area (Å²) in [5, 5.41) is 11.6. The van der Waals surface area contributed by atoms with Crippen molar-refractivity contribution in [1.82, 2.24) is 5.32 Å². The maximum absolute atomic E-state index is 13.2. The van der Waals surface area contributed by atoms with E-state index in [1.807, 2.05) is 13.0 Å². The van der Waals surface area contributed by atoms with E-state index < -0.39 is 16.1 Å². The van der Waals surface area contributed by atoms with Crippen molar-refractivity contribution in [2.24, 2.45) is 0 Å². The number of para-hydroxylation sites is 2. The molecule has 1 N–H and O–H groups in total. The first-order valence-corrected chi connectivity index (χ1v) is 9.97. The van der Waals surface area contributed by atoms with Gasteiger partial charge >= 0.3 is 0 Å². The first kappa shape index (κ1) is 18.7. The predicted molar refractivity (Wildman–Crippen MR) is 99.8 cm³/mol. The van der Waals surface area contributed by atoms with E-state index in [2.05, 4.69) is 5.32 Å². The fraction of sp³-hybridized carbons (Fsp3) is 0.263. The Kier molecular flexibility index (Phi) is 5.33. The Morgan fingerprint density at radius 1 is 1.26 bits per heavy atom. The Labute approximate surface area is 158 Å². The van der Waals surface area contributed by atoms with Crippen LogP contribution in [0.5, 0.6) is 5.75 Å². The zero-order valence-electron chi connectivity index (χ0n) is 14.8. The molecular weight excluding hydrogens is 366 g/mol. The van der Waals surface area contributed by atoms with Gasteiger partial charge in [-0.25, -0.2) is 8.42 Å². The number of hydrogen-bond acceptors (Lipinski definition) is 5. The number of rotatable bonds is 5. The van der Waals surface area contributed by atoms with Crippen LogP contribution in [0.3, 0.4) is 0 Å². The molecule has 0 bridgehead atoms. The number of carbonyl (C=O) groups is 1. The normalized spacial score (nSPS) is 16.0. The van der Waals surface area contributed by atoms with Gasteiger partial charge in [-0.1, -0.05) is 19.1 Å². The van der Waals surface area contributed by atoms with Crippen molar-refractivity contribution >= 4 is 21.6 Å². The van der Waals surface area contributed by atoms with Gasteiger partial charge < -0.3 is 10.1 Å². The Morgan fingerprint density at radius 3 is 2.63 bits per heavy atom. The number of nitrogens with zero attached hydrogens (tertiary/aromatic N) is 2. The third-order valence-electron chi connectivity index (χ3n) is 4.15. The second-order valence-electron chi connectivity index (χ2n) is 6.04. The van der Waals surface area contributed by atoms with Crippen LogP contribution in [-0.4, -0.2) is 33.5 Å². The highest BCUT2D eigenvalue weighted by Crippen LogP contribution is 2.36. The van der Waals surface area contributed by atoms with E-state index in [9.17, 15) is 13.2 Å². The molecule has 1 unspecified atom stereocenters. The summed E-state index contributed by atoms with van der Waals surface area (Å²) in [6.45, 7) is 2.29. The second-order valence-corrected chi connectivity index (χ2v) is 7.90. The van der Waals surface area contributed by atoms with Crippen LogP contribution < -0.4 is 14.4 Å². The highest BCUT2D eigenvalue weighted by molar-refractivity contribution is 7.92. The lowest BCUT2D eigenvalue weighted by atomic mass is 10.2. The van der Waals surface area contributed by atoms with E-state index in [4.69, 9.17) is 10.00 Å². The molecule has 8 heteroatoms. The lowest BCUT2D eigenvalue weighted by Gasteiger charge is -2.34. The van der Waals surface area contributed by atoms with Gasteiger partial charge in [-0.3, -0.25) is 9.10 Å². The maximum Gasteiger partial charge on any atom is 0.264 e. The lowest BCUT2D eigenvalue weighted by Crippen LogP contribution is -2.50. The standard InChI is InChI=1S/C19H19N3O4S/c1-2-11-21-19(23)18-13-22(16-5-3-4-6-17(16)26-18)27(24,25)15-9-7-14(12-20)8-10-15/h3-10,18H,2,11,13H2,1H3,(H,21,23). The average Bonchev–Trinajstić information content (AvgIpc) is 2.71. The number of benzene rings is 2. The number of carbonyl (C=O) groups excluding carboxylic acids is 1. The van der Waals surface area contributed by atoms with Crippen molar-refractivity contribution in [3.05, 3.63) is 54.1 Å². The molecule has 27 heavy (non-hydrogen) atoms. The van der Waals surface area contributed by atoms with Gasteiger partial charge in [0.1, 0.15) is 5.75 Å². The number of ether oxygens (including phenoxy) is 1. The van der Waals surface area contributed by atoms with E-state index in [0.29, 0.717) is 23.5 Å². The minimum atomic E-state index is -3.92. The van der Waals surface area contributed by atoms with Crippen LogP contribution in [0.15, 0.2) is 53.4 Å². The molecule has 1 atom stereocenters. The number of sulfonamides is 1. The van der Waals surface area contributed by atoms with Crippen LogP contribution >= 0.6 is 0 Å². The molecule has 1 amide bonds. The number of amides is 1. The van der Waals surface area contributed by atoms with Gasteiger partial charge in [0, 0.05) is 6.54 Å². The van der Waals surface area contributed by atoms with E-state index in [1.54, 1.807) is 24.3 Å². The van der Waals surface area contributed by atoms with Gasteiger partial charge in [-0.15, -0.1) is 0 Å². The van der Waals surface area contributed by atoms with Crippen LogP contribution in [0.1, 0.15) is 18.9 Å². The molecule has 0 saturated heterocycles. The third kappa shape index (κ3) is 3.73. The first-order valence-electron chi connectivity index (χ1n) is 8.53. The molecule has 0 fully saturated rings. The van der Waals surface area contributed by atoms with Gasteiger partial charge in [-0.2, -0.15) is 5.26 Å². The molecule has 0 spiro atoms. The summed E-state index contributed by atoms with van der Waals surface area (Å²) in [5.74, 6) is -0.0241. The molecule has 0 saturated carbocycles. The van der Waals surface area contributed by atoms with Crippen molar-refractivity contribution in [2.45, 2.75) is 24.3 Å². The Balaban J connectivity index is 1.98. The number of anilines is 1. The molecule has 1 aliphatic rings. The molecule has 1 heterocycles.